The maximum atomic E-state index is 12.9. The second kappa shape index (κ2) is 10.1. The Bertz CT molecular complexity index is 1700. The van der Waals surface area contributed by atoms with Crippen LogP contribution in [0.1, 0.15) is 19.0 Å². The third kappa shape index (κ3) is 5.37. The first-order chi connectivity index (χ1) is 17.8. The molecule has 0 spiro atoms. The number of rotatable bonds is 8. The first-order valence-electron chi connectivity index (χ1n) is 11.3. The molecule has 13 heteroatoms. The normalized spacial score (nSPS) is 12.5. The first kappa shape index (κ1) is 24.6. The van der Waals surface area contributed by atoms with E-state index in [1.165, 1.54) is 42.2 Å². The lowest BCUT2D eigenvalue weighted by atomic mass is 10.2. The molecule has 0 saturated heterocycles. The monoisotopic (exact) mass is 534 g/mol. The Hall–Kier alpha value is -4.10. The Morgan fingerprint density at radius 1 is 1.05 bits per heavy atom. The van der Waals surface area contributed by atoms with Gasteiger partial charge in [-0.3, -0.25) is 4.79 Å². The molecule has 1 atom stereocenters. The lowest BCUT2D eigenvalue weighted by Gasteiger charge is -2.14. The van der Waals surface area contributed by atoms with Gasteiger partial charge in [-0.2, -0.15) is 0 Å². The number of amides is 1. The van der Waals surface area contributed by atoms with Gasteiger partial charge in [0.15, 0.2) is 5.65 Å². The Morgan fingerprint density at radius 3 is 2.59 bits per heavy atom. The number of aromatic nitrogens is 6. The summed E-state index contributed by atoms with van der Waals surface area (Å²) in [6.07, 6.45) is 2.00. The quantitative estimate of drug-likeness (QED) is 0.251. The molecule has 2 aromatic carbocycles. The van der Waals surface area contributed by atoms with E-state index in [9.17, 15) is 13.2 Å². The Balaban J connectivity index is 1.26. The fraction of sp³-hybridized carbons (Fsp3) is 0.167. The summed E-state index contributed by atoms with van der Waals surface area (Å²) in [5.74, 6) is -0.266. The van der Waals surface area contributed by atoms with Crippen molar-refractivity contribution >= 4 is 61.4 Å². The number of benzene rings is 2. The van der Waals surface area contributed by atoms with Crippen LogP contribution >= 0.6 is 11.8 Å². The van der Waals surface area contributed by atoms with Crippen molar-refractivity contribution in [1.29, 1.82) is 0 Å². The molecule has 188 valence electrons. The summed E-state index contributed by atoms with van der Waals surface area (Å²) in [5.41, 5.74) is 3.29. The van der Waals surface area contributed by atoms with Gasteiger partial charge in [0.25, 0.3) is 10.0 Å². The predicted molar refractivity (Wildman–Crippen MR) is 142 cm³/mol. The van der Waals surface area contributed by atoms with Gasteiger partial charge in [-0.15, -0.1) is 10.2 Å². The van der Waals surface area contributed by atoms with Gasteiger partial charge in [0.2, 0.25) is 17.0 Å². The molecule has 0 saturated carbocycles. The first-order valence-corrected chi connectivity index (χ1v) is 13.7. The highest BCUT2D eigenvalue weighted by Gasteiger charge is 2.21. The zero-order valence-electron chi connectivity index (χ0n) is 19.8. The number of thioether (sulfide) groups is 1. The van der Waals surface area contributed by atoms with Crippen LogP contribution in [0, 0.1) is 6.92 Å². The lowest BCUT2D eigenvalue weighted by molar-refractivity contribution is -0.115. The zero-order valence-corrected chi connectivity index (χ0v) is 21.5. The third-order valence-corrected chi connectivity index (χ3v) is 8.03. The minimum atomic E-state index is -3.88. The van der Waals surface area contributed by atoms with E-state index < -0.39 is 15.3 Å². The Kier molecular flexibility index (Phi) is 6.72. The van der Waals surface area contributed by atoms with Crippen LogP contribution in [0.3, 0.4) is 0 Å². The number of anilines is 2. The van der Waals surface area contributed by atoms with Crippen molar-refractivity contribution < 1.29 is 13.2 Å². The van der Waals surface area contributed by atoms with Gasteiger partial charge in [0, 0.05) is 28.5 Å². The maximum absolute atomic E-state index is 12.9. The van der Waals surface area contributed by atoms with Gasteiger partial charge in [-0.25, -0.2) is 28.1 Å². The van der Waals surface area contributed by atoms with Crippen LogP contribution in [-0.2, 0) is 14.8 Å². The molecule has 0 fully saturated rings. The summed E-state index contributed by atoms with van der Waals surface area (Å²) < 4.78 is 27.6. The van der Waals surface area contributed by atoms with Gasteiger partial charge in [0.1, 0.15) is 5.52 Å². The molecule has 1 unspecified atom stereocenters. The number of para-hydroxylation sites is 1. The zero-order chi connectivity index (χ0) is 26.0. The minimum absolute atomic E-state index is 0.0115. The van der Waals surface area contributed by atoms with Crippen molar-refractivity contribution in [2.24, 2.45) is 0 Å². The summed E-state index contributed by atoms with van der Waals surface area (Å²) in [4.78, 5) is 28.7. The van der Waals surface area contributed by atoms with Gasteiger partial charge < -0.3 is 10.3 Å². The molecular weight excluding hydrogens is 512 g/mol. The lowest BCUT2D eigenvalue weighted by Crippen LogP contribution is -2.25. The van der Waals surface area contributed by atoms with Crippen molar-refractivity contribution in [2.45, 2.75) is 35.6 Å². The van der Waals surface area contributed by atoms with Gasteiger partial charge in [-0.05, 0) is 49.7 Å². The number of hydrogen-bond donors (Lipinski definition) is 3. The molecule has 0 aliphatic heterocycles. The number of hydrogen-bond acceptors (Lipinski definition) is 9. The van der Waals surface area contributed by atoms with E-state index in [0.717, 1.165) is 10.9 Å². The van der Waals surface area contributed by atoms with Crippen LogP contribution in [-0.4, -0.2) is 49.7 Å². The second-order valence-electron chi connectivity index (χ2n) is 8.12. The van der Waals surface area contributed by atoms with Crippen molar-refractivity contribution in [3.05, 3.63) is 66.5 Å². The van der Waals surface area contributed by atoms with E-state index in [4.69, 9.17) is 0 Å². The average Bonchev–Trinajstić information content (AvgIpc) is 3.25. The number of H-pyrrole nitrogens is 1. The van der Waals surface area contributed by atoms with Crippen molar-refractivity contribution in [1.82, 2.24) is 30.1 Å². The van der Waals surface area contributed by atoms with E-state index in [2.05, 4.69) is 40.2 Å². The van der Waals surface area contributed by atoms with Crippen LogP contribution < -0.4 is 10.0 Å². The average molecular weight is 535 g/mol. The number of sulfonamides is 1. The number of fused-ring (bicyclic) bond motifs is 3. The molecule has 11 nitrogen and oxygen atoms in total. The molecule has 3 heterocycles. The summed E-state index contributed by atoms with van der Waals surface area (Å²) >= 11 is 1.21. The highest BCUT2D eigenvalue weighted by atomic mass is 32.2. The molecule has 3 aromatic heterocycles. The van der Waals surface area contributed by atoms with Crippen molar-refractivity contribution in [3.8, 4) is 0 Å². The Morgan fingerprint density at radius 2 is 1.84 bits per heavy atom. The third-order valence-electron chi connectivity index (χ3n) is 5.47. The highest BCUT2D eigenvalue weighted by Crippen LogP contribution is 2.27. The molecule has 0 radical (unpaired) electrons. The minimum Gasteiger partial charge on any atom is -0.338 e. The summed E-state index contributed by atoms with van der Waals surface area (Å²) in [5, 5.41) is 12.2. The van der Waals surface area contributed by atoms with E-state index in [1.807, 2.05) is 31.2 Å². The largest absolute Gasteiger partial charge is 0.338 e. The standard InChI is InChI=1S/C24H22N8O3S2/c1-3-19(36-24-29-21-20(30-31-24)17-6-4-5-7-18(17)28-21)22(33)27-15-8-10-16(11-9-15)37(34,35)32-23-25-13-12-14(2)26-23/h4-13,19H,3H2,1-2H3,(H,27,33)(H,25,26,32)(H,28,29,31). The molecule has 37 heavy (non-hydrogen) atoms. The predicted octanol–water partition coefficient (Wildman–Crippen LogP) is 3.91. The maximum Gasteiger partial charge on any atom is 0.264 e. The molecular formula is C24H22N8O3S2. The van der Waals surface area contributed by atoms with Gasteiger partial charge in [-0.1, -0.05) is 36.9 Å². The van der Waals surface area contributed by atoms with Crippen molar-refractivity contribution in [3.63, 3.8) is 0 Å². The van der Waals surface area contributed by atoms with Gasteiger partial charge in [0.05, 0.1) is 10.1 Å². The van der Waals surface area contributed by atoms with Crippen LogP contribution in [0.15, 0.2) is 70.8 Å². The van der Waals surface area contributed by atoms with Gasteiger partial charge >= 0.3 is 0 Å². The molecule has 1 amide bonds. The van der Waals surface area contributed by atoms with Crippen LogP contribution in [0.25, 0.3) is 22.1 Å². The molecule has 0 aliphatic rings. The summed E-state index contributed by atoms with van der Waals surface area (Å²) in [6, 6.07) is 15.3. The fourth-order valence-corrected chi connectivity index (χ4v) is 5.39. The molecule has 5 rings (SSSR count). The summed E-state index contributed by atoms with van der Waals surface area (Å²) in [6.45, 7) is 3.63. The van der Waals surface area contributed by atoms with Crippen LogP contribution in [0.5, 0.6) is 0 Å². The highest BCUT2D eigenvalue weighted by molar-refractivity contribution is 8.00. The smallest absolute Gasteiger partial charge is 0.264 e. The van der Waals surface area contributed by atoms with Crippen molar-refractivity contribution in [2.75, 3.05) is 10.0 Å². The fourth-order valence-electron chi connectivity index (χ4n) is 3.62. The van der Waals surface area contributed by atoms with E-state index >= 15 is 0 Å². The molecule has 3 N–H and O–H groups in total. The molecule has 0 bridgehead atoms. The second-order valence-corrected chi connectivity index (χ2v) is 11.0. The summed E-state index contributed by atoms with van der Waals surface area (Å²) in [7, 11) is -3.88. The number of nitrogens with one attached hydrogen (secondary N) is 3. The Labute approximate surface area is 216 Å². The van der Waals surface area contributed by atoms with Crippen LogP contribution in [0.4, 0.5) is 11.6 Å². The number of carbonyl (C=O) groups excluding carboxylic acids is 1. The number of nitrogens with zero attached hydrogens (tertiary/aromatic N) is 5. The SMILES string of the molecule is CCC(Sc1nnc2c(n1)[nH]c1ccccc12)C(=O)Nc1ccc(S(=O)(=O)Nc2nccc(C)n2)cc1. The van der Waals surface area contributed by atoms with E-state index in [1.54, 1.807) is 13.0 Å². The topological polar surface area (TPSA) is 156 Å². The van der Waals surface area contributed by atoms with Crippen LogP contribution in [0.2, 0.25) is 0 Å². The van der Waals surface area contributed by atoms with E-state index in [0.29, 0.717) is 34.1 Å². The number of carbonyl (C=O) groups is 1. The number of aryl methyl sites for hydroxylation is 1. The molecule has 0 aliphatic carbocycles. The molecule has 5 aromatic rings. The number of aromatic amines is 1. The van der Waals surface area contributed by atoms with E-state index in [-0.39, 0.29) is 16.8 Å².